The highest BCUT2D eigenvalue weighted by Gasteiger charge is 2.45. The summed E-state index contributed by atoms with van der Waals surface area (Å²) in [7, 11) is -8.06. The minimum atomic E-state index is -5.84. The lowest BCUT2D eigenvalue weighted by Gasteiger charge is -2.21. The van der Waals surface area contributed by atoms with Crippen LogP contribution < -0.4 is 0 Å². The van der Waals surface area contributed by atoms with Crippen molar-refractivity contribution in [2.75, 3.05) is 0 Å². The Morgan fingerprint density at radius 1 is 0.760 bits per heavy atom. The van der Waals surface area contributed by atoms with Gasteiger partial charge in [-0.05, 0) is 23.3 Å². The molecule has 3 nitrogen and oxygen atoms in total. The van der Waals surface area contributed by atoms with Gasteiger partial charge in [0.05, 0.1) is 0 Å². The van der Waals surface area contributed by atoms with Crippen molar-refractivity contribution in [2.45, 2.75) is 20.8 Å². The van der Waals surface area contributed by atoms with Crippen LogP contribution in [0.4, 0.5) is 26.3 Å². The van der Waals surface area contributed by atoms with E-state index < -0.39 is 32.0 Å². The molecular weight excluding hydrogens is 394 g/mol. The maximum Gasteiger partial charge on any atom is 0.522 e. The Bertz CT molecular complexity index is 829. The first-order valence-corrected chi connectivity index (χ1v) is 9.21. The highest BCUT2D eigenvalue weighted by atomic mass is 32.2. The molecule has 0 amide bonds. The van der Waals surface area contributed by atoms with Gasteiger partial charge in [0, 0.05) is 9.79 Å². The van der Waals surface area contributed by atoms with E-state index in [0.29, 0.717) is 9.79 Å². The van der Waals surface area contributed by atoms with Crippen molar-refractivity contribution in [1.29, 1.82) is 0 Å². The summed E-state index contributed by atoms with van der Waals surface area (Å²) in [6.45, 7) is 0. The fourth-order valence-corrected chi connectivity index (χ4v) is 4.34. The lowest BCUT2D eigenvalue weighted by atomic mass is 10.1. The summed E-state index contributed by atoms with van der Waals surface area (Å²) in [5.41, 5.74) is -8.25. The first-order valence-electron chi connectivity index (χ1n) is 6.43. The van der Waals surface area contributed by atoms with Crippen LogP contribution in [-0.2, 0) is 10.1 Å². The molecule has 0 fully saturated rings. The van der Waals surface area contributed by atoms with Crippen LogP contribution in [0.1, 0.15) is 0 Å². The first-order chi connectivity index (χ1) is 11.3. The number of hydrogen-bond acceptors (Lipinski definition) is 2. The van der Waals surface area contributed by atoms with Crippen molar-refractivity contribution in [1.82, 2.24) is 0 Å². The van der Waals surface area contributed by atoms with E-state index >= 15 is 0 Å². The largest absolute Gasteiger partial charge is 0.522 e. The van der Waals surface area contributed by atoms with Gasteiger partial charge in [0.15, 0.2) is 0 Å². The first kappa shape index (κ1) is 19.6. The normalized spacial score (nSPS) is 15.1. The van der Waals surface area contributed by atoms with E-state index in [1.54, 1.807) is 48.5 Å². The van der Waals surface area contributed by atoms with Crippen LogP contribution in [0, 0.1) is 0 Å². The van der Waals surface area contributed by atoms with Gasteiger partial charge in [-0.2, -0.15) is 34.8 Å². The Labute approximate surface area is 141 Å². The van der Waals surface area contributed by atoms with Crippen molar-refractivity contribution in [2.24, 2.45) is 0 Å². The number of thiol groups is 1. The molecule has 11 heteroatoms. The monoisotopic (exact) mass is 404 g/mol. The third-order valence-electron chi connectivity index (χ3n) is 3.13. The summed E-state index contributed by atoms with van der Waals surface area (Å²) in [4.78, 5) is 0.854. The van der Waals surface area contributed by atoms with E-state index in [4.69, 9.17) is 13.0 Å². The number of alkyl halides is 6. The van der Waals surface area contributed by atoms with Crippen LogP contribution >= 0.6 is 10.9 Å². The molecule has 2 aromatic rings. The number of hydrogen-bond donors (Lipinski definition) is 2. The molecule has 0 saturated heterocycles. The fraction of sp³-hybridized carbons (Fsp3) is 0.143. The van der Waals surface area contributed by atoms with Crippen LogP contribution in [0.3, 0.4) is 0 Å². The Kier molecular flexibility index (Phi) is 5.13. The van der Waals surface area contributed by atoms with E-state index in [2.05, 4.69) is 0 Å². The van der Waals surface area contributed by atoms with Gasteiger partial charge in [-0.3, -0.25) is 4.55 Å². The highest BCUT2D eigenvalue weighted by Crippen LogP contribution is 2.65. The van der Waals surface area contributed by atoms with Crippen molar-refractivity contribution < 1.29 is 39.3 Å². The van der Waals surface area contributed by atoms with Crippen molar-refractivity contribution in [3.63, 3.8) is 0 Å². The van der Waals surface area contributed by atoms with Crippen LogP contribution in [0.5, 0.6) is 0 Å². The Morgan fingerprint density at radius 3 is 1.36 bits per heavy atom. The zero-order valence-electron chi connectivity index (χ0n) is 12.0. The summed E-state index contributed by atoms with van der Waals surface area (Å²) in [6.07, 6.45) is 0. The molecule has 1 aliphatic rings. The molecule has 0 bridgehead atoms. The number of benzene rings is 2. The average Bonchev–Trinajstić information content (AvgIpc) is 2.80. The summed E-state index contributed by atoms with van der Waals surface area (Å²) in [6, 6.07) is 13.6. The van der Waals surface area contributed by atoms with E-state index in [1.165, 1.54) is 0 Å². The maximum atomic E-state index is 13.1. The average molecular weight is 404 g/mol. The summed E-state index contributed by atoms with van der Waals surface area (Å²) in [5, 5.41) is 0. The van der Waals surface area contributed by atoms with E-state index in [-0.39, 0.29) is 0 Å². The van der Waals surface area contributed by atoms with Crippen LogP contribution in [0.25, 0.3) is 11.1 Å². The molecule has 138 valence electrons. The molecule has 1 N–H and O–H groups in total. The van der Waals surface area contributed by atoms with E-state index in [9.17, 15) is 26.3 Å². The maximum absolute atomic E-state index is 13.1. The Hall–Kier alpha value is -1.72. The van der Waals surface area contributed by atoms with E-state index in [1.807, 2.05) is 0 Å². The number of fused-ring (bicyclic) bond motifs is 3. The molecule has 0 radical (unpaired) electrons. The minimum absolute atomic E-state index is 0.427. The molecule has 1 aliphatic heterocycles. The second-order valence-corrected chi connectivity index (χ2v) is 8.31. The second-order valence-electron chi connectivity index (χ2n) is 4.76. The van der Waals surface area contributed by atoms with Gasteiger partial charge in [0.25, 0.3) is 0 Å². The zero-order valence-corrected chi connectivity index (χ0v) is 13.7. The van der Waals surface area contributed by atoms with Gasteiger partial charge in [-0.25, -0.2) is 0 Å². The molecular formula is C14H10F6O3S2. The molecule has 1 heterocycles. The van der Waals surface area contributed by atoms with Gasteiger partial charge in [-0.15, -0.1) is 10.9 Å². The van der Waals surface area contributed by atoms with Crippen molar-refractivity contribution in [3.8, 4) is 11.1 Å². The predicted octanol–water partition coefficient (Wildman–Crippen LogP) is 5.00. The fourth-order valence-electron chi connectivity index (χ4n) is 2.20. The second kappa shape index (κ2) is 6.54. The molecule has 0 unspecified atom stereocenters. The van der Waals surface area contributed by atoms with Crippen LogP contribution in [-0.4, -0.2) is 24.0 Å². The Balaban J connectivity index is 0.000000242. The van der Waals surface area contributed by atoms with Crippen molar-refractivity contribution in [3.05, 3.63) is 48.5 Å². The molecule has 25 heavy (non-hydrogen) atoms. The molecule has 0 atom stereocenters. The SMILES string of the molecule is FC(F)(F)[SH]1c2ccccc2-c2ccccc21.O=S(=O)(O)C(F)(F)F. The quantitative estimate of drug-likeness (QED) is 0.281. The smallest absolute Gasteiger partial charge is 0.279 e. The van der Waals surface area contributed by atoms with Gasteiger partial charge in [0.2, 0.25) is 0 Å². The zero-order chi connectivity index (χ0) is 19.0. The van der Waals surface area contributed by atoms with Crippen LogP contribution in [0.15, 0.2) is 58.3 Å². The third-order valence-corrected chi connectivity index (χ3v) is 5.96. The van der Waals surface area contributed by atoms with Crippen molar-refractivity contribution >= 4 is 21.0 Å². The third kappa shape index (κ3) is 4.10. The number of halogens is 6. The highest BCUT2D eigenvalue weighted by molar-refractivity contribution is 8.18. The van der Waals surface area contributed by atoms with Gasteiger partial charge in [0.1, 0.15) is 0 Å². The molecule has 2 aromatic carbocycles. The topological polar surface area (TPSA) is 54.4 Å². The molecule has 0 aromatic heterocycles. The number of rotatable bonds is 0. The molecule has 0 saturated carbocycles. The van der Waals surface area contributed by atoms with E-state index in [0.717, 1.165) is 11.1 Å². The van der Waals surface area contributed by atoms with Gasteiger partial charge < -0.3 is 0 Å². The van der Waals surface area contributed by atoms with Gasteiger partial charge in [-0.1, -0.05) is 36.4 Å². The molecule has 3 rings (SSSR count). The van der Waals surface area contributed by atoms with Gasteiger partial charge >= 0.3 is 21.1 Å². The summed E-state index contributed by atoms with van der Waals surface area (Å²) in [5.74, 6) is 0. The lowest BCUT2D eigenvalue weighted by molar-refractivity contribution is -0.0510. The molecule has 0 spiro atoms. The summed E-state index contributed by atoms with van der Waals surface area (Å²) < 4.78 is 97.0. The lowest BCUT2D eigenvalue weighted by Crippen LogP contribution is -2.21. The minimum Gasteiger partial charge on any atom is -0.279 e. The Morgan fingerprint density at radius 2 is 1.08 bits per heavy atom. The standard InChI is InChI=1S/C13H9F3S.CHF3O3S/c14-13(15,16)17-11-7-3-1-5-9(11)10-6-2-4-8-12(10)17;2-1(3,4)8(5,6)7/h1-8,17H;(H,5,6,7). The van der Waals surface area contributed by atoms with Crippen LogP contribution in [0.2, 0.25) is 0 Å². The molecule has 0 aliphatic carbocycles. The summed E-state index contributed by atoms with van der Waals surface area (Å²) >= 11 is 0. The predicted molar refractivity (Wildman–Crippen MR) is 81.1 cm³/mol.